The van der Waals surface area contributed by atoms with Gasteiger partial charge in [-0.1, -0.05) is 18.2 Å². The van der Waals surface area contributed by atoms with Crippen molar-refractivity contribution in [2.75, 3.05) is 13.1 Å². The van der Waals surface area contributed by atoms with Gasteiger partial charge in [0.25, 0.3) is 0 Å². The fraction of sp³-hybridized carbons (Fsp3) is 0.263. The lowest BCUT2D eigenvalue weighted by Gasteiger charge is -2.18. The monoisotopic (exact) mass is 321 g/mol. The van der Waals surface area contributed by atoms with Crippen molar-refractivity contribution in [2.24, 2.45) is 0 Å². The van der Waals surface area contributed by atoms with E-state index in [9.17, 15) is 4.79 Å². The van der Waals surface area contributed by atoms with Crippen LogP contribution in [0.15, 0.2) is 61.1 Å². The third-order valence-corrected chi connectivity index (χ3v) is 4.37. The third-order valence-electron chi connectivity index (χ3n) is 4.37. The first-order chi connectivity index (χ1) is 11.8. The fourth-order valence-electron chi connectivity index (χ4n) is 3.13. The number of aromatic nitrogens is 2. The third kappa shape index (κ3) is 2.97. The minimum Gasteiger partial charge on any atom is -0.486 e. The number of para-hydroxylation sites is 1. The van der Waals surface area contributed by atoms with E-state index < -0.39 is 0 Å². The summed E-state index contributed by atoms with van der Waals surface area (Å²) in [6.07, 6.45) is 6.46. The van der Waals surface area contributed by atoms with E-state index in [1.54, 1.807) is 6.20 Å². The van der Waals surface area contributed by atoms with Crippen molar-refractivity contribution in [3.05, 3.63) is 61.1 Å². The quantitative estimate of drug-likeness (QED) is 0.742. The summed E-state index contributed by atoms with van der Waals surface area (Å²) in [5.74, 6) is 0.922. The van der Waals surface area contributed by atoms with Gasteiger partial charge in [0.15, 0.2) is 0 Å². The molecule has 1 amide bonds. The maximum absolute atomic E-state index is 12.4. The summed E-state index contributed by atoms with van der Waals surface area (Å²) in [7, 11) is 0. The second-order valence-electron chi connectivity index (χ2n) is 6.05. The number of rotatable bonds is 4. The Morgan fingerprint density at radius 3 is 2.88 bits per heavy atom. The molecular formula is C19H19N3O2. The molecule has 1 aromatic carbocycles. The molecule has 4 rings (SSSR count). The minimum atomic E-state index is 0.0196. The molecule has 5 nitrogen and oxygen atoms in total. The van der Waals surface area contributed by atoms with Crippen molar-refractivity contribution in [1.29, 1.82) is 0 Å². The van der Waals surface area contributed by atoms with Crippen molar-refractivity contribution < 1.29 is 9.53 Å². The molecule has 1 aliphatic heterocycles. The van der Waals surface area contributed by atoms with Crippen LogP contribution in [-0.4, -0.2) is 39.6 Å². The number of carbonyl (C=O) groups is 1. The Hall–Kier alpha value is -2.82. The van der Waals surface area contributed by atoms with Crippen LogP contribution in [-0.2, 0) is 11.3 Å². The second-order valence-corrected chi connectivity index (χ2v) is 6.05. The van der Waals surface area contributed by atoms with E-state index in [1.165, 1.54) is 0 Å². The molecule has 3 aromatic rings. The SMILES string of the molecule is O=C(Cn1cccc1)N1CCC(Oc2cccc3cccnc23)C1. The van der Waals surface area contributed by atoms with Crippen LogP contribution < -0.4 is 4.74 Å². The van der Waals surface area contributed by atoms with Gasteiger partial charge in [-0.3, -0.25) is 9.78 Å². The zero-order chi connectivity index (χ0) is 16.4. The first-order valence-corrected chi connectivity index (χ1v) is 8.18. The number of nitrogens with zero attached hydrogens (tertiary/aromatic N) is 3. The Labute approximate surface area is 140 Å². The first kappa shape index (κ1) is 14.8. The van der Waals surface area contributed by atoms with Gasteiger partial charge in [0, 0.05) is 36.9 Å². The predicted octanol–water partition coefficient (Wildman–Crippen LogP) is 2.72. The van der Waals surface area contributed by atoms with E-state index in [2.05, 4.69) is 4.98 Å². The van der Waals surface area contributed by atoms with Gasteiger partial charge in [0.2, 0.25) is 5.91 Å². The number of pyridine rings is 1. The first-order valence-electron chi connectivity index (χ1n) is 8.18. The Morgan fingerprint density at radius 1 is 1.17 bits per heavy atom. The summed E-state index contributed by atoms with van der Waals surface area (Å²) >= 11 is 0. The van der Waals surface area contributed by atoms with Crippen molar-refractivity contribution in [2.45, 2.75) is 19.1 Å². The standard InChI is InChI=1S/C19H19N3O2/c23-18(14-21-10-1-2-11-21)22-12-8-16(13-22)24-17-7-3-5-15-6-4-9-20-19(15)17/h1-7,9-11,16H,8,12-14H2. The van der Waals surface area contributed by atoms with Gasteiger partial charge in [-0.2, -0.15) is 0 Å². The van der Waals surface area contributed by atoms with Crippen molar-refractivity contribution in [3.8, 4) is 5.75 Å². The molecule has 0 N–H and O–H groups in total. The predicted molar refractivity (Wildman–Crippen MR) is 91.8 cm³/mol. The molecule has 0 aliphatic carbocycles. The highest BCUT2D eigenvalue weighted by molar-refractivity contribution is 5.84. The zero-order valence-corrected chi connectivity index (χ0v) is 13.3. The normalized spacial score (nSPS) is 17.3. The minimum absolute atomic E-state index is 0.0196. The number of carbonyl (C=O) groups excluding carboxylic acids is 1. The van der Waals surface area contributed by atoms with Crippen LogP contribution in [0.2, 0.25) is 0 Å². The fourth-order valence-corrected chi connectivity index (χ4v) is 3.13. The number of amides is 1. The highest BCUT2D eigenvalue weighted by Gasteiger charge is 2.28. The van der Waals surface area contributed by atoms with Gasteiger partial charge in [-0.05, 0) is 24.3 Å². The number of hydrogen-bond donors (Lipinski definition) is 0. The van der Waals surface area contributed by atoms with Crippen LogP contribution in [0.25, 0.3) is 10.9 Å². The molecule has 1 fully saturated rings. The smallest absolute Gasteiger partial charge is 0.242 e. The molecule has 3 heterocycles. The summed E-state index contributed by atoms with van der Waals surface area (Å²) < 4.78 is 8.03. The van der Waals surface area contributed by atoms with E-state index in [4.69, 9.17) is 4.74 Å². The van der Waals surface area contributed by atoms with Crippen molar-refractivity contribution in [1.82, 2.24) is 14.5 Å². The van der Waals surface area contributed by atoms with Crippen molar-refractivity contribution in [3.63, 3.8) is 0 Å². The molecule has 1 aliphatic rings. The summed E-state index contributed by atoms with van der Waals surface area (Å²) in [6.45, 7) is 1.75. The van der Waals surface area contributed by atoms with Crippen LogP contribution in [0.1, 0.15) is 6.42 Å². The zero-order valence-electron chi connectivity index (χ0n) is 13.3. The molecule has 0 radical (unpaired) electrons. The topological polar surface area (TPSA) is 47.4 Å². The van der Waals surface area contributed by atoms with Crippen LogP contribution in [0.5, 0.6) is 5.75 Å². The molecule has 2 aromatic heterocycles. The lowest BCUT2D eigenvalue weighted by Crippen LogP contribution is -2.33. The molecule has 0 spiro atoms. The number of benzene rings is 1. The highest BCUT2D eigenvalue weighted by Crippen LogP contribution is 2.26. The summed E-state index contributed by atoms with van der Waals surface area (Å²) in [6, 6.07) is 13.7. The lowest BCUT2D eigenvalue weighted by molar-refractivity contribution is -0.131. The maximum Gasteiger partial charge on any atom is 0.242 e. The summed E-state index contributed by atoms with van der Waals surface area (Å²) in [5.41, 5.74) is 0.872. The summed E-state index contributed by atoms with van der Waals surface area (Å²) in [5, 5.41) is 1.06. The Kier molecular flexibility index (Phi) is 3.91. The number of ether oxygens (including phenoxy) is 1. The molecule has 0 bridgehead atoms. The van der Waals surface area contributed by atoms with Crippen LogP contribution in [0.3, 0.4) is 0 Å². The van der Waals surface area contributed by atoms with E-state index in [0.29, 0.717) is 13.1 Å². The van der Waals surface area contributed by atoms with Gasteiger partial charge < -0.3 is 14.2 Å². The molecule has 1 saturated heterocycles. The largest absolute Gasteiger partial charge is 0.486 e. The molecule has 122 valence electrons. The Bertz CT molecular complexity index is 839. The van der Waals surface area contributed by atoms with Gasteiger partial charge in [0.1, 0.15) is 23.9 Å². The molecule has 24 heavy (non-hydrogen) atoms. The maximum atomic E-state index is 12.4. The molecule has 1 atom stereocenters. The van der Waals surface area contributed by atoms with Gasteiger partial charge in [-0.25, -0.2) is 0 Å². The van der Waals surface area contributed by atoms with Gasteiger partial charge >= 0.3 is 0 Å². The van der Waals surface area contributed by atoms with E-state index >= 15 is 0 Å². The van der Waals surface area contributed by atoms with E-state index in [1.807, 2.05) is 64.3 Å². The summed E-state index contributed by atoms with van der Waals surface area (Å²) in [4.78, 5) is 18.7. The molecular weight excluding hydrogens is 302 g/mol. The van der Waals surface area contributed by atoms with Gasteiger partial charge in [-0.15, -0.1) is 0 Å². The van der Waals surface area contributed by atoms with Gasteiger partial charge in [0.05, 0.1) is 6.54 Å². The molecule has 1 unspecified atom stereocenters. The number of likely N-dealkylation sites (tertiary alicyclic amines) is 1. The highest BCUT2D eigenvalue weighted by atomic mass is 16.5. The number of fused-ring (bicyclic) bond motifs is 1. The molecule has 5 heteroatoms. The Morgan fingerprint density at radius 2 is 2.00 bits per heavy atom. The van der Waals surface area contributed by atoms with Crippen molar-refractivity contribution >= 4 is 16.8 Å². The average Bonchev–Trinajstić information content (AvgIpc) is 3.27. The molecule has 0 saturated carbocycles. The van der Waals surface area contributed by atoms with Crippen LogP contribution in [0, 0.1) is 0 Å². The van der Waals surface area contributed by atoms with E-state index in [-0.39, 0.29) is 12.0 Å². The number of hydrogen-bond acceptors (Lipinski definition) is 3. The lowest BCUT2D eigenvalue weighted by atomic mass is 10.2. The Balaban J connectivity index is 1.42. The van der Waals surface area contributed by atoms with E-state index in [0.717, 1.165) is 29.6 Å². The second kappa shape index (κ2) is 6.35. The average molecular weight is 321 g/mol. The van der Waals surface area contributed by atoms with Crippen LogP contribution in [0.4, 0.5) is 0 Å². The van der Waals surface area contributed by atoms with Crippen LogP contribution >= 0.6 is 0 Å².